The van der Waals surface area contributed by atoms with Crippen molar-refractivity contribution in [1.82, 2.24) is 5.32 Å². The lowest BCUT2D eigenvalue weighted by Gasteiger charge is -2.29. The van der Waals surface area contributed by atoms with Crippen molar-refractivity contribution >= 4 is 18.3 Å². The smallest absolute Gasteiger partial charge is 0.227 e. The van der Waals surface area contributed by atoms with Gasteiger partial charge in [0.1, 0.15) is 0 Å². The fourth-order valence-corrected chi connectivity index (χ4v) is 2.59. The van der Waals surface area contributed by atoms with E-state index in [0.717, 1.165) is 19.4 Å². The highest BCUT2D eigenvalue weighted by Crippen LogP contribution is 2.27. The number of rotatable bonds is 6. The summed E-state index contributed by atoms with van der Waals surface area (Å²) in [6.45, 7) is 5.40. The lowest BCUT2D eigenvalue weighted by atomic mass is 9.81. The largest absolute Gasteiger partial charge is 0.355 e. The second-order valence-corrected chi connectivity index (χ2v) is 5.05. The van der Waals surface area contributed by atoms with Crippen LogP contribution < -0.4 is 11.1 Å². The molecule has 1 aliphatic rings. The van der Waals surface area contributed by atoms with Gasteiger partial charge in [0.05, 0.1) is 5.41 Å². The summed E-state index contributed by atoms with van der Waals surface area (Å²) < 4.78 is 0. The van der Waals surface area contributed by atoms with E-state index in [9.17, 15) is 4.79 Å². The zero-order valence-corrected chi connectivity index (χ0v) is 11.9. The van der Waals surface area contributed by atoms with Gasteiger partial charge in [-0.1, -0.05) is 26.7 Å². The molecule has 1 rings (SSSR count). The molecule has 1 amide bonds. The predicted molar refractivity (Wildman–Crippen MR) is 74.3 cm³/mol. The van der Waals surface area contributed by atoms with Crippen LogP contribution in [0.3, 0.4) is 0 Å². The molecule has 0 aromatic heterocycles. The van der Waals surface area contributed by atoms with Gasteiger partial charge in [-0.3, -0.25) is 4.79 Å². The molecular weight excluding hydrogens is 236 g/mol. The molecule has 3 nitrogen and oxygen atoms in total. The molecule has 1 fully saturated rings. The Hall–Kier alpha value is -0.280. The maximum atomic E-state index is 12.1. The quantitative estimate of drug-likeness (QED) is 0.773. The third kappa shape index (κ3) is 4.14. The minimum atomic E-state index is -0.335. The summed E-state index contributed by atoms with van der Waals surface area (Å²) in [7, 11) is 0. The first-order chi connectivity index (χ1) is 7.68. The van der Waals surface area contributed by atoms with Crippen molar-refractivity contribution in [3.63, 3.8) is 0 Å². The van der Waals surface area contributed by atoms with Crippen LogP contribution in [0.15, 0.2) is 0 Å². The van der Waals surface area contributed by atoms with Crippen LogP contribution in [-0.4, -0.2) is 19.0 Å². The molecular formula is C13H27ClN2O. The fraction of sp³-hybridized carbons (Fsp3) is 0.923. The van der Waals surface area contributed by atoms with E-state index in [-0.39, 0.29) is 23.7 Å². The molecule has 0 atom stereocenters. The number of halogens is 1. The van der Waals surface area contributed by atoms with Crippen LogP contribution in [0.5, 0.6) is 0 Å². The van der Waals surface area contributed by atoms with E-state index in [1.54, 1.807) is 0 Å². The highest BCUT2D eigenvalue weighted by atomic mass is 35.5. The van der Waals surface area contributed by atoms with Crippen LogP contribution in [-0.2, 0) is 4.79 Å². The Morgan fingerprint density at radius 2 is 1.82 bits per heavy atom. The number of hydrogen-bond donors (Lipinski definition) is 2. The van der Waals surface area contributed by atoms with Crippen molar-refractivity contribution in [2.75, 3.05) is 13.1 Å². The van der Waals surface area contributed by atoms with Crippen molar-refractivity contribution in [1.29, 1.82) is 0 Å². The molecule has 0 aromatic rings. The van der Waals surface area contributed by atoms with Gasteiger partial charge in [-0.05, 0) is 31.6 Å². The molecule has 0 heterocycles. The Morgan fingerprint density at radius 1 is 1.29 bits per heavy atom. The predicted octanol–water partition coefficient (Wildman–Crippen LogP) is 2.48. The average Bonchev–Trinajstić information content (AvgIpc) is 2.82. The van der Waals surface area contributed by atoms with Gasteiger partial charge < -0.3 is 11.1 Å². The number of amides is 1. The zero-order valence-electron chi connectivity index (χ0n) is 11.1. The average molecular weight is 263 g/mol. The zero-order chi connectivity index (χ0) is 12.0. The van der Waals surface area contributed by atoms with Crippen molar-refractivity contribution in [2.24, 2.45) is 17.1 Å². The molecule has 0 unspecified atom stereocenters. The van der Waals surface area contributed by atoms with E-state index in [1.165, 1.54) is 25.7 Å². The Balaban J connectivity index is 0.00000256. The molecule has 0 aliphatic heterocycles. The Morgan fingerprint density at radius 3 is 2.24 bits per heavy atom. The number of carbonyl (C=O) groups is 1. The molecule has 1 saturated carbocycles. The first-order valence-electron chi connectivity index (χ1n) is 6.67. The molecule has 0 aromatic carbocycles. The normalized spacial score (nSPS) is 16.6. The molecule has 102 valence electrons. The van der Waals surface area contributed by atoms with Crippen LogP contribution in [0, 0.1) is 11.3 Å². The highest BCUT2D eigenvalue weighted by Gasteiger charge is 2.33. The monoisotopic (exact) mass is 262 g/mol. The van der Waals surface area contributed by atoms with E-state index in [0.29, 0.717) is 12.5 Å². The first kappa shape index (κ1) is 16.7. The maximum Gasteiger partial charge on any atom is 0.227 e. The lowest BCUT2D eigenvalue weighted by Crippen LogP contribution is -2.46. The lowest BCUT2D eigenvalue weighted by molar-refractivity contribution is -0.131. The Kier molecular flexibility index (Phi) is 7.80. The Bertz CT molecular complexity index is 215. The van der Waals surface area contributed by atoms with Crippen LogP contribution in [0.1, 0.15) is 52.4 Å². The van der Waals surface area contributed by atoms with Crippen LogP contribution in [0.25, 0.3) is 0 Å². The number of carbonyl (C=O) groups excluding carboxylic acids is 1. The number of nitrogens with one attached hydrogen (secondary N) is 1. The third-order valence-corrected chi connectivity index (χ3v) is 4.25. The number of hydrogen-bond acceptors (Lipinski definition) is 2. The SMILES string of the molecule is CCC(CC)(CN)C(=O)NCC1CCCC1.Cl. The Labute approximate surface area is 111 Å². The van der Waals surface area contributed by atoms with Gasteiger partial charge >= 0.3 is 0 Å². The summed E-state index contributed by atoms with van der Waals surface area (Å²) in [6, 6.07) is 0. The summed E-state index contributed by atoms with van der Waals surface area (Å²) in [5, 5.41) is 3.10. The first-order valence-corrected chi connectivity index (χ1v) is 6.67. The molecule has 1 aliphatic carbocycles. The van der Waals surface area contributed by atoms with E-state index in [4.69, 9.17) is 5.73 Å². The summed E-state index contributed by atoms with van der Waals surface area (Å²) in [4.78, 5) is 12.1. The molecule has 4 heteroatoms. The summed E-state index contributed by atoms with van der Waals surface area (Å²) in [6.07, 6.45) is 6.85. The van der Waals surface area contributed by atoms with E-state index in [2.05, 4.69) is 5.32 Å². The maximum absolute atomic E-state index is 12.1. The standard InChI is InChI=1S/C13H26N2O.ClH/c1-3-13(4-2,10-14)12(16)15-9-11-7-5-6-8-11;/h11H,3-10,14H2,1-2H3,(H,15,16);1H. The third-order valence-electron chi connectivity index (χ3n) is 4.25. The van der Waals surface area contributed by atoms with Gasteiger partial charge in [-0.2, -0.15) is 0 Å². The van der Waals surface area contributed by atoms with Gasteiger partial charge in [-0.25, -0.2) is 0 Å². The molecule has 0 spiro atoms. The van der Waals surface area contributed by atoms with Crippen LogP contribution in [0.4, 0.5) is 0 Å². The van der Waals surface area contributed by atoms with Crippen molar-refractivity contribution < 1.29 is 4.79 Å². The van der Waals surface area contributed by atoms with Gasteiger partial charge in [-0.15, -0.1) is 12.4 Å². The molecule has 0 bridgehead atoms. The number of nitrogens with two attached hydrogens (primary N) is 1. The van der Waals surface area contributed by atoms with Gasteiger partial charge in [0, 0.05) is 13.1 Å². The second kappa shape index (κ2) is 7.93. The fourth-order valence-electron chi connectivity index (χ4n) is 2.59. The van der Waals surface area contributed by atoms with Crippen molar-refractivity contribution in [3.05, 3.63) is 0 Å². The van der Waals surface area contributed by atoms with Crippen LogP contribution >= 0.6 is 12.4 Å². The van der Waals surface area contributed by atoms with Gasteiger partial charge in [0.15, 0.2) is 0 Å². The highest BCUT2D eigenvalue weighted by molar-refractivity contribution is 5.85. The summed E-state index contributed by atoms with van der Waals surface area (Å²) in [5.74, 6) is 0.861. The summed E-state index contributed by atoms with van der Waals surface area (Å²) in [5.41, 5.74) is 5.42. The minimum absolute atomic E-state index is 0. The van der Waals surface area contributed by atoms with Gasteiger partial charge in [0.2, 0.25) is 5.91 Å². The van der Waals surface area contributed by atoms with Crippen LogP contribution in [0.2, 0.25) is 0 Å². The van der Waals surface area contributed by atoms with E-state index in [1.807, 2.05) is 13.8 Å². The molecule has 0 radical (unpaired) electrons. The second-order valence-electron chi connectivity index (χ2n) is 5.05. The van der Waals surface area contributed by atoms with Crippen molar-refractivity contribution in [2.45, 2.75) is 52.4 Å². The minimum Gasteiger partial charge on any atom is -0.355 e. The van der Waals surface area contributed by atoms with Crippen molar-refractivity contribution in [3.8, 4) is 0 Å². The summed E-state index contributed by atoms with van der Waals surface area (Å²) >= 11 is 0. The molecule has 0 saturated heterocycles. The van der Waals surface area contributed by atoms with E-state index < -0.39 is 0 Å². The topological polar surface area (TPSA) is 55.1 Å². The van der Waals surface area contributed by atoms with E-state index >= 15 is 0 Å². The molecule has 3 N–H and O–H groups in total. The molecule has 17 heavy (non-hydrogen) atoms. The van der Waals surface area contributed by atoms with Gasteiger partial charge in [0.25, 0.3) is 0 Å².